The maximum absolute atomic E-state index is 12.3. The Hall–Kier alpha value is -1.47. The van der Waals surface area contributed by atoms with Crippen molar-refractivity contribution in [1.82, 2.24) is 9.80 Å². The molecule has 0 aromatic heterocycles. The minimum Gasteiger partial charge on any atom is -0.444 e. The van der Waals surface area contributed by atoms with E-state index in [4.69, 9.17) is 4.74 Å². The van der Waals surface area contributed by atoms with E-state index in [-0.39, 0.29) is 19.1 Å². The average Bonchev–Trinajstić information content (AvgIpc) is 2.23. The van der Waals surface area contributed by atoms with E-state index in [1.54, 1.807) is 34.6 Å². The van der Waals surface area contributed by atoms with Crippen LogP contribution in [-0.2, 0) is 9.53 Å². The lowest BCUT2D eigenvalue weighted by molar-refractivity contribution is -0.184. The molecule has 2 amide bonds. The molecule has 21 heavy (non-hydrogen) atoms. The summed E-state index contributed by atoms with van der Waals surface area (Å²) in [6, 6.07) is -0.255. The van der Waals surface area contributed by atoms with Crippen LogP contribution in [0.2, 0.25) is 0 Å². The van der Waals surface area contributed by atoms with E-state index in [1.807, 2.05) is 0 Å². The van der Waals surface area contributed by atoms with Crippen LogP contribution in [0.5, 0.6) is 0 Å². The van der Waals surface area contributed by atoms with Crippen LogP contribution in [0.15, 0.2) is 0 Å². The van der Waals surface area contributed by atoms with Gasteiger partial charge < -0.3 is 14.5 Å². The zero-order valence-corrected chi connectivity index (χ0v) is 13.2. The maximum Gasteiger partial charge on any atom is 0.471 e. The molecule has 0 aliphatic carbocycles. The number of ether oxygens (including phenoxy) is 1. The Morgan fingerprint density at radius 2 is 1.57 bits per heavy atom. The van der Waals surface area contributed by atoms with Crippen LogP contribution in [0.1, 0.15) is 34.6 Å². The summed E-state index contributed by atoms with van der Waals surface area (Å²) in [6.45, 7) is 8.26. The number of halogens is 3. The third-order valence-corrected chi connectivity index (χ3v) is 2.52. The molecule has 0 bridgehead atoms. The van der Waals surface area contributed by atoms with E-state index in [0.29, 0.717) is 4.90 Å². The van der Waals surface area contributed by atoms with Crippen LogP contribution in [0.25, 0.3) is 0 Å². The molecule has 0 saturated heterocycles. The normalized spacial score (nSPS) is 12.3. The van der Waals surface area contributed by atoms with Gasteiger partial charge in [0.25, 0.3) is 0 Å². The molecule has 8 heteroatoms. The van der Waals surface area contributed by atoms with Gasteiger partial charge in [0.2, 0.25) is 0 Å². The molecule has 5 nitrogen and oxygen atoms in total. The van der Waals surface area contributed by atoms with Gasteiger partial charge in [-0.25, -0.2) is 4.79 Å². The fourth-order valence-corrected chi connectivity index (χ4v) is 1.46. The molecule has 0 spiro atoms. The van der Waals surface area contributed by atoms with Crippen molar-refractivity contribution in [3.8, 4) is 0 Å². The zero-order chi connectivity index (χ0) is 17.0. The molecule has 0 radical (unpaired) electrons. The Bertz CT molecular complexity index is 376. The summed E-state index contributed by atoms with van der Waals surface area (Å²) in [4.78, 5) is 24.8. The number of hydrogen-bond acceptors (Lipinski definition) is 3. The quantitative estimate of drug-likeness (QED) is 0.802. The summed E-state index contributed by atoms with van der Waals surface area (Å²) in [5, 5.41) is 0. The molecule has 0 heterocycles. The third kappa shape index (κ3) is 7.19. The first-order chi connectivity index (χ1) is 9.25. The molecule has 0 unspecified atom stereocenters. The molecule has 0 rings (SSSR count). The first-order valence-electron chi connectivity index (χ1n) is 6.57. The molecule has 0 aliphatic heterocycles. The first-order valence-corrected chi connectivity index (χ1v) is 6.57. The second-order valence-corrected chi connectivity index (χ2v) is 5.99. The van der Waals surface area contributed by atoms with Crippen molar-refractivity contribution in [3.63, 3.8) is 0 Å². The topological polar surface area (TPSA) is 49.9 Å². The van der Waals surface area contributed by atoms with Crippen molar-refractivity contribution in [1.29, 1.82) is 0 Å². The van der Waals surface area contributed by atoms with Gasteiger partial charge in [-0.15, -0.1) is 0 Å². The summed E-state index contributed by atoms with van der Waals surface area (Å²) in [5.41, 5.74) is -0.697. The highest BCUT2D eigenvalue weighted by molar-refractivity contribution is 5.81. The maximum atomic E-state index is 12.3. The lowest BCUT2D eigenvalue weighted by Gasteiger charge is -2.31. The van der Waals surface area contributed by atoms with Gasteiger partial charge in [-0.05, 0) is 34.6 Å². The van der Waals surface area contributed by atoms with Crippen LogP contribution in [0, 0.1) is 0 Å². The lowest BCUT2D eigenvalue weighted by Crippen LogP contribution is -2.47. The third-order valence-electron chi connectivity index (χ3n) is 2.52. The van der Waals surface area contributed by atoms with Crippen LogP contribution < -0.4 is 0 Å². The van der Waals surface area contributed by atoms with Gasteiger partial charge in [-0.2, -0.15) is 13.2 Å². The van der Waals surface area contributed by atoms with E-state index < -0.39 is 23.8 Å². The standard InChI is InChI=1S/C13H23F3N2O3/c1-9(2)18(11(20)21-12(3,4)5)8-7-17(6)10(19)13(14,15)16/h9H,7-8H2,1-6H3. The van der Waals surface area contributed by atoms with Gasteiger partial charge in [0.05, 0.1) is 0 Å². The van der Waals surface area contributed by atoms with Crippen LogP contribution in [0.3, 0.4) is 0 Å². The Morgan fingerprint density at radius 1 is 1.10 bits per heavy atom. The number of carbonyl (C=O) groups is 2. The molecule has 0 atom stereocenters. The van der Waals surface area contributed by atoms with Crippen molar-refractivity contribution >= 4 is 12.0 Å². The Balaban J connectivity index is 4.68. The van der Waals surface area contributed by atoms with E-state index in [0.717, 1.165) is 7.05 Å². The molecule has 0 N–H and O–H groups in total. The first kappa shape index (κ1) is 19.5. The largest absolute Gasteiger partial charge is 0.471 e. The van der Waals surface area contributed by atoms with Gasteiger partial charge in [-0.3, -0.25) is 4.79 Å². The van der Waals surface area contributed by atoms with Crippen molar-refractivity contribution in [2.75, 3.05) is 20.1 Å². The Labute approximate surface area is 123 Å². The number of rotatable bonds is 4. The lowest BCUT2D eigenvalue weighted by atomic mass is 10.2. The zero-order valence-electron chi connectivity index (χ0n) is 13.2. The molecule has 124 valence electrons. The number of hydrogen-bond donors (Lipinski definition) is 0. The fourth-order valence-electron chi connectivity index (χ4n) is 1.46. The van der Waals surface area contributed by atoms with Crippen LogP contribution in [0.4, 0.5) is 18.0 Å². The van der Waals surface area contributed by atoms with E-state index in [9.17, 15) is 22.8 Å². The van der Waals surface area contributed by atoms with Crippen LogP contribution in [-0.4, -0.2) is 59.8 Å². The molecule has 0 fully saturated rings. The Morgan fingerprint density at radius 3 is 1.90 bits per heavy atom. The van der Waals surface area contributed by atoms with Gasteiger partial charge >= 0.3 is 18.2 Å². The predicted molar refractivity (Wildman–Crippen MR) is 71.8 cm³/mol. The summed E-state index contributed by atoms with van der Waals surface area (Å²) >= 11 is 0. The fraction of sp³-hybridized carbons (Fsp3) is 0.846. The number of nitrogens with zero attached hydrogens (tertiary/aromatic N) is 2. The summed E-state index contributed by atoms with van der Waals surface area (Å²) in [7, 11) is 1.05. The number of amides is 2. The van der Waals surface area contributed by atoms with Gasteiger partial charge in [0.1, 0.15) is 5.60 Å². The van der Waals surface area contributed by atoms with Crippen molar-refractivity contribution < 1.29 is 27.5 Å². The SMILES string of the molecule is CC(C)N(CCN(C)C(=O)C(F)(F)F)C(=O)OC(C)(C)C. The van der Waals surface area contributed by atoms with Crippen molar-refractivity contribution in [2.24, 2.45) is 0 Å². The summed E-state index contributed by atoms with van der Waals surface area (Å²) in [6.07, 6.45) is -5.53. The van der Waals surface area contributed by atoms with Gasteiger partial charge in [0.15, 0.2) is 0 Å². The van der Waals surface area contributed by atoms with Crippen molar-refractivity contribution in [3.05, 3.63) is 0 Å². The molecule has 0 aromatic rings. The summed E-state index contributed by atoms with van der Waals surface area (Å²) in [5.74, 6) is -1.93. The van der Waals surface area contributed by atoms with E-state index in [2.05, 4.69) is 0 Å². The Kier molecular flexibility index (Phi) is 6.51. The van der Waals surface area contributed by atoms with Gasteiger partial charge in [-0.1, -0.05) is 0 Å². The molecular weight excluding hydrogens is 289 g/mol. The van der Waals surface area contributed by atoms with Crippen molar-refractivity contribution in [2.45, 2.75) is 52.4 Å². The molecule has 0 aromatic carbocycles. The number of likely N-dealkylation sites (N-methyl/N-ethyl adjacent to an activating group) is 1. The monoisotopic (exact) mass is 312 g/mol. The highest BCUT2D eigenvalue weighted by atomic mass is 19.4. The smallest absolute Gasteiger partial charge is 0.444 e. The average molecular weight is 312 g/mol. The highest BCUT2D eigenvalue weighted by Gasteiger charge is 2.41. The number of carbonyl (C=O) groups excluding carboxylic acids is 2. The molecule has 0 saturated carbocycles. The molecular formula is C13H23F3N2O3. The minimum atomic E-state index is -4.91. The second-order valence-electron chi connectivity index (χ2n) is 5.99. The summed E-state index contributed by atoms with van der Waals surface area (Å²) < 4.78 is 42.0. The minimum absolute atomic E-state index is 0.0368. The van der Waals surface area contributed by atoms with E-state index >= 15 is 0 Å². The van der Waals surface area contributed by atoms with Gasteiger partial charge in [0, 0.05) is 26.2 Å². The predicted octanol–water partition coefficient (Wildman–Crippen LogP) is 2.65. The van der Waals surface area contributed by atoms with E-state index in [1.165, 1.54) is 4.90 Å². The number of alkyl halides is 3. The second kappa shape index (κ2) is 7.00. The van der Waals surface area contributed by atoms with Crippen LogP contribution >= 0.6 is 0 Å². The highest BCUT2D eigenvalue weighted by Crippen LogP contribution is 2.18. The molecule has 0 aliphatic rings.